The lowest BCUT2D eigenvalue weighted by Gasteiger charge is -2.17. The smallest absolute Gasteiger partial charge is 0.143 e. The van der Waals surface area contributed by atoms with E-state index in [1.54, 1.807) is 0 Å². The number of thiophene rings is 1. The molecule has 2 heterocycles. The van der Waals surface area contributed by atoms with Gasteiger partial charge in [-0.25, -0.2) is 0 Å². The largest absolute Gasteiger partial charge is 0.455 e. The highest BCUT2D eigenvalue weighted by Gasteiger charge is 2.19. The van der Waals surface area contributed by atoms with Gasteiger partial charge in [-0.1, -0.05) is 146 Å². The van der Waals surface area contributed by atoms with Gasteiger partial charge in [-0.15, -0.1) is 11.3 Å². The number of hydrogen-bond acceptors (Lipinski definition) is 2. The predicted molar refractivity (Wildman–Crippen MR) is 215 cm³/mol. The summed E-state index contributed by atoms with van der Waals surface area (Å²) >= 11 is 1.88. The summed E-state index contributed by atoms with van der Waals surface area (Å²) in [5, 5.41) is 12.4. The van der Waals surface area contributed by atoms with Crippen molar-refractivity contribution in [3.05, 3.63) is 170 Å². The van der Waals surface area contributed by atoms with Crippen molar-refractivity contribution in [2.24, 2.45) is 0 Å². The van der Waals surface area contributed by atoms with Gasteiger partial charge in [0.2, 0.25) is 0 Å². The van der Waals surface area contributed by atoms with Crippen LogP contribution in [0.3, 0.4) is 0 Å². The Hall–Kier alpha value is -6.22. The van der Waals surface area contributed by atoms with Crippen LogP contribution in [0.5, 0.6) is 0 Å². The Balaban J connectivity index is 1.12. The third-order valence-corrected chi connectivity index (χ3v) is 11.6. The number of fused-ring (bicyclic) bond motifs is 10. The fourth-order valence-electron chi connectivity index (χ4n) is 8.24. The second-order valence-electron chi connectivity index (χ2n) is 13.2. The van der Waals surface area contributed by atoms with E-state index >= 15 is 0 Å². The molecule has 0 N–H and O–H groups in total. The summed E-state index contributed by atoms with van der Waals surface area (Å²) in [6.45, 7) is 0. The van der Waals surface area contributed by atoms with Crippen molar-refractivity contribution in [2.75, 3.05) is 0 Å². The van der Waals surface area contributed by atoms with Gasteiger partial charge in [0.1, 0.15) is 11.2 Å². The third-order valence-electron chi connectivity index (χ3n) is 10.5. The first-order chi connectivity index (χ1) is 24.8. The van der Waals surface area contributed by atoms with Crippen LogP contribution in [-0.2, 0) is 0 Å². The molecule has 0 radical (unpaired) electrons. The number of hydrogen-bond donors (Lipinski definition) is 0. The second kappa shape index (κ2) is 10.6. The molecule has 0 spiro atoms. The average Bonchev–Trinajstić information content (AvgIpc) is 3.74. The van der Waals surface area contributed by atoms with Crippen LogP contribution in [-0.4, -0.2) is 0 Å². The molecule has 50 heavy (non-hydrogen) atoms. The van der Waals surface area contributed by atoms with Crippen molar-refractivity contribution in [3.8, 4) is 33.4 Å². The Kier molecular flexibility index (Phi) is 5.89. The van der Waals surface area contributed by atoms with Gasteiger partial charge in [0.05, 0.1) is 0 Å². The monoisotopic (exact) mass is 652 g/mol. The SMILES string of the molecule is c1ccc(-c2c3ccccc3c(-c3ccc4c(c3)sc3cc(-c5cc6c7ccccc7oc6c6ccccc56)ccc34)c3ccccc23)cc1. The minimum atomic E-state index is 0.927. The highest BCUT2D eigenvalue weighted by Crippen LogP contribution is 2.46. The van der Waals surface area contributed by atoms with Gasteiger partial charge in [-0.2, -0.15) is 0 Å². The van der Waals surface area contributed by atoms with E-state index < -0.39 is 0 Å². The quantitative estimate of drug-likeness (QED) is 0.173. The third kappa shape index (κ3) is 4.00. The van der Waals surface area contributed by atoms with Crippen molar-refractivity contribution in [1.82, 2.24) is 0 Å². The van der Waals surface area contributed by atoms with Gasteiger partial charge in [0.25, 0.3) is 0 Å². The molecule has 0 saturated carbocycles. The highest BCUT2D eigenvalue weighted by atomic mass is 32.1. The van der Waals surface area contributed by atoms with Crippen molar-refractivity contribution >= 4 is 85.8 Å². The molecular weight excluding hydrogens is 625 g/mol. The molecule has 0 aliphatic carbocycles. The molecule has 0 saturated heterocycles. The number of rotatable bonds is 3. The predicted octanol–water partition coefficient (Wildman–Crippen LogP) is 14.4. The maximum absolute atomic E-state index is 6.40. The van der Waals surface area contributed by atoms with Gasteiger partial charge in [-0.3, -0.25) is 0 Å². The number of furan rings is 1. The van der Waals surface area contributed by atoms with E-state index in [2.05, 4.69) is 164 Å². The van der Waals surface area contributed by atoms with Crippen molar-refractivity contribution in [3.63, 3.8) is 0 Å². The molecular formula is C48H28OS. The highest BCUT2D eigenvalue weighted by molar-refractivity contribution is 7.25. The molecule has 0 bridgehead atoms. The zero-order valence-electron chi connectivity index (χ0n) is 27.0. The van der Waals surface area contributed by atoms with Crippen LogP contribution in [0.1, 0.15) is 0 Å². The fraction of sp³-hybridized carbons (Fsp3) is 0. The molecule has 0 unspecified atom stereocenters. The lowest BCUT2D eigenvalue weighted by Crippen LogP contribution is -1.90. The second-order valence-corrected chi connectivity index (χ2v) is 14.3. The molecule has 0 amide bonds. The first-order valence-corrected chi connectivity index (χ1v) is 17.9. The Bertz CT molecular complexity index is 3090. The standard InChI is InChI=1S/C48H28OS/c1-2-12-29(13-3-1)46-36-16-5-7-18-38(36)47(39-19-8-6-17-37(39)46)31-23-25-35-34-24-22-30(26-44(34)50-45(35)27-31)41-28-42-33-15-10-11-21-43(33)49-48(42)40-20-9-4-14-32(40)41/h1-28H. The molecule has 9 aromatic carbocycles. The van der Waals surface area contributed by atoms with Crippen molar-refractivity contribution in [1.29, 1.82) is 0 Å². The van der Waals surface area contributed by atoms with Gasteiger partial charge >= 0.3 is 0 Å². The van der Waals surface area contributed by atoms with E-state index in [1.807, 2.05) is 17.4 Å². The van der Waals surface area contributed by atoms with Crippen LogP contribution >= 0.6 is 11.3 Å². The summed E-state index contributed by atoms with van der Waals surface area (Å²) in [7, 11) is 0. The first-order valence-electron chi connectivity index (χ1n) is 17.1. The van der Waals surface area contributed by atoms with E-state index in [9.17, 15) is 0 Å². The van der Waals surface area contributed by atoms with Gasteiger partial charge in [0.15, 0.2) is 0 Å². The molecule has 0 aliphatic rings. The fourth-order valence-corrected chi connectivity index (χ4v) is 9.43. The van der Waals surface area contributed by atoms with E-state index in [-0.39, 0.29) is 0 Å². The molecule has 2 aromatic heterocycles. The number of para-hydroxylation sites is 1. The van der Waals surface area contributed by atoms with Crippen LogP contribution in [0, 0.1) is 0 Å². The normalized spacial score (nSPS) is 12.0. The summed E-state index contributed by atoms with van der Waals surface area (Å²) in [4.78, 5) is 0. The van der Waals surface area contributed by atoms with E-state index in [1.165, 1.54) is 80.5 Å². The average molecular weight is 653 g/mol. The molecule has 0 fully saturated rings. The van der Waals surface area contributed by atoms with E-state index in [4.69, 9.17) is 4.42 Å². The Morgan fingerprint density at radius 2 is 0.820 bits per heavy atom. The van der Waals surface area contributed by atoms with Crippen LogP contribution in [0.15, 0.2) is 174 Å². The first kappa shape index (κ1) is 27.7. The maximum atomic E-state index is 6.40. The summed E-state index contributed by atoms with van der Waals surface area (Å²) in [5.41, 5.74) is 9.42. The maximum Gasteiger partial charge on any atom is 0.143 e. The van der Waals surface area contributed by atoms with E-state index in [0.717, 1.165) is 27.3 Å². The molecule has 2 heteroatoms. The molecule has 1 nitrogen and oxygen atoms in total. The van der Waals surface area contributed by atoms with Crippen molar-refractivity contribution in [2.45, 2.75) is 0 Å². The minimum Gasteiger partial charge on any atom is -0.455 e. The molecule has 11 aromatic rings. The summed E-state index contributed by atoms with van der Waals surface area (Å²) in [5.74, 6) is 0. The van der Waals surface area contributed by atoms with E-state index in [0.29, 0.717) is 0 Å². The van der Waals surface area contributed by atoms with Crippen LogP contribution in [0.25, 0.3) is 108 Å². The van der Waals surface area contributed by atoms with Gasteiger partial charge in [0, 0.05) is 36.3 Å². The summed E-state index contributed by atoms with van der Waals surface area (Å²) in [6, 6.07) is 62.0. The lowest BCUT2D eigenvalue weighted by molar-refractivity contribution is 0.672. The Morgan fingerprint density at radius 3 is 1.48 bits per heavy atom. The lowest BCUT2D eigenvalue weighted by atomic mass is 9.86. The molecule has 0 aliphatic heterocycles. The summed E-state index contributed by atoms with van der Waals surface area (Å²) in [6.07, 6.45) is 0. The zero-order valence-corrected chi connectivity index (χ0v) is 27.8. The Morgan fingerprint density at radius 1 is 0.320 bits per heavy atom. The summed E-state index contributed by atoms with van der Waals surface area (Å²) < 4.78 is 9.00. The topological polar surface area (TPSA) is 13.1 Å². The number of benzene rings is 9. The van der Waals surface area contributed by atoms with Gasteiger partial charge < -0.3 is 4.42 Å². The molecule has 0 atom stereocenters. The molecule has 11 rings (SSSR count). The van der Waals surface area contributed by atoms with Crippen LogP contribution < -0.4 is 0 Å². The van der Waals surface area contributed by atoms with Crippen LogP contribution in [0.2, 0.25) is 0 Å². The minimum absolute atomic E-state index is 0.927. The Labute approximate surface area is 292 Å². The van der Waals surface area contributed by atoms with Crippen molar-refractivity contribution < 1.29 is 4.42 Å². The zero-order chi connectivity index (χ0) is 32.8. The molecule has 232 valence electrons. The van der Waals surface area contributed by atoms with Gasteiger partial charge in [-0.05, 0) is 84.6 Å². The van der Waals surface area contributed by atoms with Crippen LogP contribution in [0.4, 0.5) is 0 Å².